The third kappa shape index (κ3) is 18.3. The van der Waals surface area contributed by atoms with Crippen LogP contribution in [-0.2, 0) is 18.6 Å². The Bertz CT molecular complexity index is 168. The second kappa shape index (κ2) is 11.2. The Morgan fingerprint density at radius 3 is 2.15 bits per heavy atom. The molecule has 0 spiro atoms. The molecule has 0 saturated heterocycles. The lowest BCUT2D eigenvalue weighted by molar-refractivity contribution is -0.137. The van der Waals surface area contributed by atoms with E-state index in [0.717, 1.165) is 6.08 Å². The van der Waals surface area contributed by atoms with Crippen molar-refractivity contribution < 1.29 is 23.5 Å². The molecule has 0 aliphatic carbocycles. The molecule has 5 nitrogen and oxygen atoms in total. The first-order valence-electron chi connectivity index (χ1n) is 3.66. The van der Waals surface area contributed by atoms with E-state index in [-0.39, 0.29) is 5.97 Å². The molecule has 0 bridgehead atoms. The zero-order valence-corrected chi connectivity index (χ0v) is 8.62. The van der Waals surface area contributed by atoms with Gasteiger partial charge in [0.2, 0.25) is 0 Å². The van der Waals surface area contributed by atoms with Gasteiger partial charge in [0, 0.05) is 10.6 Å². The van der Waals surface area contributed by atoms with Gasteiger partial charge in [0.05, 0.1) is 6.61 Å². The van der Waals surface area contributed by atoms with Gasteiger partial charge in [-0.05, 0) is 13.8 Å². The molecule has 0 aliphatic rings. The lowest BCUT2D eigenvalue weighted by atomic mass is 10.6. The maximum absolute atomic E-state index is 10.1. The van der Waals surface area contributed by atoms with E-state index >= 15 is 0 Å². The van der Waals surface area contributed by atoms with Crippen molar-refractivity contribution in [2.24, 2.45) is 0 Å². The highest BCUT2D eigenvalue weighted by Crippen LogP contribution is 2.12. The first kappa shape index (κ1) is 14.7. The van der Waals surface area contributed by atoms with Crippen LogP contribution in [0.5, 0.6) is 0 Å². The van der Waals surface area contributed by atoms with E-state index in [1.165, 1.54) is 0 Å². The van der Waals surface area contributed by atoms with Crippen molar-refractivity contribution in [3.05, 3.63) is 12.7 Å². The van der Waals surface area contributed by atoms with Crippen LogP contribution in [0.15, 0.2) is 12.7 Å². The first-order valence-corrected chi connectivity index (χ1v) is 4.79. The molecule has 0 fully saturated rings. The molecule has 0 aromatic heterocycles. The van der Waals surface area contributed by atoms with Crippen molar-refractivity contribution in [3.63, 3.8) is 0 Å². The Kier molecular flexibility index (Phi) is 12.7. The van der Waals surface area contributed by atoms with Crippen molar-refractivity contribution in [3.8, 4) is 0 Å². The molecule has 0 heterocycles. The van der Waals surface area contributed by atoms with Gasteiger partial charge < -0.3 is 4.74 Å². The standard InChI is InChI=1S/C5H8O2.C2H5O3P/c1-3-5(6)7-4-2;1-2-5-6(3)4/h3H,1,4H2,2H3;2H2,1H3/p+1. The molecule has 0 amide bonds. The maximum Gasteiger partial charge on any atom is 0.694 e. The monoisotopic (exact) mass is 209 g/mol. The van der Waals surface area contributed by atoms with Gasteiger partial charge in [0.1, 0.15) is 6.61 Å². The van der Waals surface area contributed by atoms with Crippen molar-refractivity contribution in [2.75, 3.05) is 13.2 Å². The Hall–Kier alpha value is -0.770. The molecule has 1 N–H and O–H groups in total. The van der Waals surface area contributed by atoms with Gasteiger partial charge in [0.15, 0.2) is 0 Å². The van der Waals surface area contributed by atoms with E-state index in [2.05, 4.69) is 15.8 Å². The fourth-order valence-electron chi connectivity index (χ4n) is 0.312. The summed E-state index contributed by atoms with van der Waals surface area (Å²) in [7, 11) is -2.35. The smallest absolute Gasteiger partial charge is 0.463 e. The maximum atomic E-state index is 10.1. The zero-order chi connectivity index (χ0) is 10.7. The van der Waals surface area contributed by atoms with Gasteiger partial charge in [-0.1, -0.05) is 6.58 Å². The molecule has 76 valence electrons. The molecule has 0 aromatic carbocycles. The fourth-order valence-corrected chi connectivity index (χ4v) is 0.533. The van der Waals surface area contributed by atoms with Crippen molar-refractivity contribution >= 4 is 14.2 Å². The largest absolute Gasteiger partial charge is 0.694 e. The molecule has 1 atom stereocenters. The summed E-state index contributed by atoms with van der Waals surface area (Å²) in [6.45, 7) is 7.33. The van der Waals surface area contributed by atoms with Crippen molar-refractivity contribution in [2.45, 2.75) is 13.8 Å². The minimum atomic E-state index is -2.35. The lowest BCUT2D eigenvalue weighted by Gasteiger charge is -1.90. The number of carbonyl (C=O) groups is 1. The normalized spacial score (nSPS) is 9.31. The molecule has 0 aromatic rings. The molecular formula is C7H14O5P+. The number of carbonyl (C=O) groups excluding carboxylic acids is 1. The van der Waals surface area contributed by atoms with Crippen LogP contribution in [0, 0.1) is 0 Å². The number of hydrogen-bond acceptors (Lipinski definition) is 4. The van der Waals surface area contributed by atoms with Crippen LogP contribution in [0.4, 0.5) is 0 Å². The molecule has 6 heteroatoms. The van der Waals surface area contributed by atoms with Gasteiger partial charge in [-0.15, -0.1) is 9.42 Å². The highest BCUT2D eigenvalue weighted by atomic mass is 31.1. The summed E-state index contributed by atoms with van der Waals surface area (Å²) in [5.41, 5.74) is 0. The fraction of sp³-hybridized carbons (Fsp3) is 0.571. The van der Waals surface area contributed by atoms with Crippen LogP contribution in [0.3, 0.4) is 0 Å². The minimum Gasteiger partial charge on any atom is -0.463 e. The predicted molar refractivity (Wildman–Crippen MR) is 48.3 cm³/mol. The number of rotatable bonds is 4. The third-order valence-corrected chi connectivity index (χ3v) is 1.17. The number of ether oxygens (including phenoxy) is 1. The van der Waals surface area contributed by atoms with E-state index in [0.29, 0.717) is 13.2 Å². The first-order chi connectivity index (χ1) is 6.08. The summed E-state index contributed by atoms with van der Waals surface area (Å²) in [5, 5.41) is 0. The van der Waals surface area contributed by atoms with Crippen LogP contribution in [0.1, 0.15) is 13.8 Å². The second-order valence-electron chi connectivity index (χ2n) is 1.61. The Morgan fingerprint density at radius 1 is 1.54 bits per heavy atom. The topological polar surface area (TPSA) is 72.8 Å². The van der Waals surface area contributed by atoms with E-state index in [1.54, 1.807) is 13.8 Å². The van der Waals surface area contributed by atoms with E-state index in [4.69, 9.17) is 4.89 Å². The third-order valence-electron chi connectivity index (χ3n) is 0.693. The van der Waals surface area contributed by atoms with Crippen molar-refractivity contribution in [1.82, 2.24) is 0 Å². The number of hydrogen-bond donors (Lipinski definition) is 1. The van der Waals surface area contributed by atoms with Gasteiger partial charge >= 0.3 is 14.2 Å². The summed E-state index contributed by atoms with van der Waals surface area (Å²) >= 11 is 0. The summed E-state index contributed by atoms with van der Waals surface area (Å²) in [4.78, 5) is 17.9. The SMILES string of the molecule is C=CC(=O)OCC.CCO[P+](=O)O. The van der Waals surface area contributed by atoms with E-state index < -0.39 is 8.25 Å². The number of esters is 1. The molecule has 1 unspecified atom stereocenters. The van der Waals surface area contributed by atoms with E-state index in [1.807, 2.05) is 0 Å². The van der Waals surface area contributed by atoms with Crippen molar-refractivity contribution in [1.29, 1.82) is 0 Å². The molecular weight excluding hydrogens is 195 g/mol. The molecule has 0 radical (unpaired) electrons. The van der Waals surface area contributed by atoms with Crippen LogP contribution >= 0.6 is 8.25 Å². The summed E-state index contributed by atoms with van der Waals surface area (Å²) < 4.78 is 18.1. The summed E-state index contributed by atoms with van der Waals surface area (Å²) in [6.07, 6.45) is 1.14. The lowest BCUT2D eigenvalue weighted by Crippen LogP contribution is -1.97. The van der Waals surface area contributed by atoms with Crippen LogP contribution in [0.2, 0.25) is 0 Å². The molecule has 13 heavy (non-hydrogen) atoms. The average molecular weight is 209 g/mol. The predicted octanol–water partition coefficient (Wildman–Crippen LogP) is 1.41. The quantitative estimate of drug-likeness (QED) is 0.430. The molecule has 0 aliphatic heterocycles. The van der Waals surface area contributed by atoms with Gasteiger partial charge in [-0.3, -0.25) is 0 Å². The summed E-state index contributed by atoms with van der Waals surface area (Å²) in [6, 6.07) is 0. The summed E-state index contributed by atoms with van der Waals surface area (Å²) in [5.74, 6) is -0.359. The highest BCUT2D eigenvalue weighted by molar-refractivity contribution is 7.32. The average Bonchev–Trinajstić information content (AvgIpc) is 2.05. The second-order valence-corrected chi connectivity index (χ2v) is 2.35. The van der Waals surface area contributed by atoms with Crippen LogP contribution in [-0.4, -0.2) is 24.1 Å². The Balaban J connectivity index is 0. The van der Waals surface area contributed by atoms with E-state index in [9.17, 15) is 9.36 Å². The van der Waals surface area contributed by atoms with Crippen LogP contribution in [0.25, 0.3) is 0 Å². The van der Waals surface area contributed by atoms with Crippen LogP contribution < -0.4 is 0 Å². The minimum absolute atomic E-state index is 0.297. The molecule has 0 rings (SSSR count). The van der Waals surface area contributed by atoms with Gasteiger partial charge in [0.25, 0.3) is 0 Å². The molecule has 0 saturated carbocycles. The zero-order valence-electron chi connectivity index (χ0n) is 7.73. The van der Waals surface area contributed by atoms with Gasteiger partial charge in [-0.2, -0.15) is 0 Å². The Morgan fingerprint density at radius 2 is 2.08 bits per heavy atom. The Labute approximate surface area is 78.3 Å². The highest BCUT2D eigenvalue weighted by Gasteiger charge is 2.06. The van der Waals surface area contributed by atoms with Gasteiger partial charge in [-0.25, -0.2) is 4.79 Å².